The van der Waals surface area contributed by atoms with Crippen LogP contribution in [0.25, 0.3) is 22.3 Å². The summed E-state index contributed by atoms with van der Waals surface area (Å²) in [6.45, 7) is 1.79. The average molecular weight is 285 g/mol. The zero-order chi connectivity index (χ0) is 14.7. The lowest BCUT2D eigenvalue weighted by Crippen LogP contribution is -2.29. The summed E-state index contributed by atoms with van der Waals surface area (Å²) >= 11 is 0. The molecule has 0 saturated heterocycles. The molecule has 0 unspecified atom stereocenters. The van der Waals surface area contributed by atoms with Crippen molar-refractivity contribution in [3.05, 3.63) is 71.8 Å². The number of fused-ring (bicyclic) bond motifs is 4. The number of hydrogen-bond acceptors (Lipinski definition) is 2. The van der Waals surface area contributed by atoms with E-state index < -0.39 is 0 Å². The van der Waals surface area contributed by atoms with Crippen molar-refractivity contribution >= 4 is 5.69 Å². The summed E-state index contributed by atoms with van der Waals surface area (Å²) in [5.74, 6) is 0.371. The van der Waals surface area contributed by atoms with Crippen molar-refractivity contribution in [2.24, 2.45) is 0 Å². The van der Waals surface area contributed by atoms with Crippen LogP contribution in [0.2, 0.25) is 0 Å². The number of rotatable bonds is 0. The average Bonchev–Trinajstić information content (AvgIpc) is 2.56. The molecule has 2 aliphatic heterocycles. The lowest BCUT2D eigenvalue weighted by atomic mass is 9.84. The highest BCUT2D eigenvalue weighted by Crippen LogP contribution is 2.52. The van der Waals surface area contributed by atoms with Crippen LogP contribution in [0.3, 0.4) is 0 Å². The van der Waals surface area contributed by atoms with E-state index in [0.29, 0.717) is 5.75 Å². The van der Waals surface area contributed by atoms with Gasteiger partial charge in [0.15, 0.2) is 0 Å². The molecule has 0 fully saturated rings. The van der Waals surface area contributed by atoms with Gasteiger partial charge in [-0.1, -0.05) is 48.5 Å². The third-order valence-corrected chi connectivity index (χ3v) is 4.79. The van der Waals surface area contributed by atoms with Gasteiger partial charge in [-0.3, -0.25) is 0 Å². The minimum Gasteiger partial charge on any atom is -0.507 e. The first-order valence-corrected chi connectivity index (χ1v) is 7.60. The zero-order valence-electron chi connectivity index (χ0n) is 12.1. The number of hydrogen-bond donors (Lipinski definition) is 1. The molecule has 0 aliphatic carbocycles. The molecule has 0 aromatic heterocycles. The van der Waals surface area contributed by atoms with Crippen LogP contribution in [0.1, 0.15) is 11.1 Å². The van der Waals surface area contributed by atoms with E-state index in [1.807, 2.05) is 18.2 Å². The molecule has 3 aromatic carbocycles. The topological polar surface area (TPSA) is 23.5 Å². The quantitative estimate of drug-likeness (QED) is 0.654. The van der Waals surface area contributed by atoms with E-state index in [4.69, 9.17) is 0 Å². The molecule has 2 heteroatoms. The molecule has 106 valence electrons. The van der Waals surface area contributed by atoms with Crippen LogP contribution in [0.15, 0.2) is 60.7 Å². The highest BCUT2D eigenvalue weighted by molar-refractivity contribution is 5.98. The van der Waals surface area contributed by atoms with Crippen molar-refractivity contribution in [2.75, 3.05) is 4.90 Å². The fourth-order valence-electron chi connectivity index (χ4n) is 3.84. The maximum atomic E-state index is 10.5. The Morgan fingerprint density at radius 3 is 2.09 bits per heavy atom. The van der Waals surface area contributed by atoms with Crippen LogP contribution in [0.4, 0.5) is 5.69 Å². The number of benzene rings is 3. The Kier molecular flexibility index (Phi) is 2.23. The van der Waals surface area contributed by atoms with Crippen molar-refractivity contribution in [1.82, 2.24) is 0 Å². The second-order valence-corrected chi connectivity index (χ2v) is 6.03. The smallest absolute Gasteiger partial charge is 0.125 e. The Hall–Kier alpha value is -2.74. The number of aromatic hydroxyl groups is 1. The fourth-order valence-corrected chi connectivity index (χ4v) is 3.84. The lowest BCUT2D eigenvalue weighted by Gasteiger charge is -2.38. The van der Waals surface area contributed by atoms with Crippen LogP contribution in [-0.2, 0) is 13.1 Å². The Morgan fingerprint density at radius 2 is 1.32 bits per heavy atom. The standard InChI is InChI=1S/C20H15NO/c22-18-10-9-17-15-7-3-1-5-13(15)11-21-12-14-6-2-4-8-16(14)19(18)20(17)21/h1-10,22H,11-12H2. The summed E-state index contributed by atoms with van der Waals surface area (Å²) in [6, 6.07) is 20.8. The van der Waals surface area contributed by atoms with E-state index in [1.165, 1.54) is 27.9 Å². The molecule has 0 spiro atoms. The second kappa shape index (κ2) is 4.14. The minimum atomic E-state index is 0.371. The van der Waals surface area contributed by atoms with Gasteiger partial charge < -0.3 is 10.0 Å². The van der Waals surface area contributed by atoms with Crippen LogP contribution in [0, 0.1) is 0 Å². The van der Waals surface area contributed by atoms with E-state index in [2.05, 4.69) is 47.4 Å². The first kappa shape index (κ1) is 11.9. The van der Waals surface area contributed by atoms with E-state index in [-0.39, 0.29) is 0 Å². The number of phenols is 1. The molecule has 2 aliphatic rings. The molecule has 0 saturated carbocycles. The molecule has 0 radical (unpaired) electrons. The maximum absolute atomic E-state index is 10.5. The van der Waals surface area contributed by atoms with Crippen LogP contribution in [-0.4, -0.2) is 5.11 Å². The molecule has 5 rings (SSSR count). The van der Waals surface area contributed by atoms with Crippen LogP contribution in [0.5, 0.6) is 5.75 Å². The summed E-state index contributed by atoms with van der Waals surface area (Å²) < 4.78 is 0. The molecular weight excluding hydrogens is 270 g/mol. The van der Waals surface area contributed by atoms with Crippen molar-refractivity contribution in [2.45, 2.75) is 13.1 Å². The predicted octanol–water partition coefficient (Wildman–Crippen LogP) is 4.56. The molecular formula is C20H15NO. The molecule has 0 bridgehead atoms. The summed E-state index contributed by atoms with van der Waals surface area (Å²) in [4.78, 5) is 2.38. The fraction of sp³-hybridized carbons (Fsp3) is 0.100. The van der Waals surface area contributed by atoms with E-state index in [0.717, 1.165) is 24.2 Å². The van der Waals surface area contributed by atoms with E-state index in [9.17, 15) is 5.11 Å². The molecule has 0 amide bonds. The lowest BCUT2D eigenvalue weighted by molar-refractivity contribution is 0.476. The van der Waals surface area contributed by atoms with Gasteiger partial charge >= 0.3 is 0 Å². The summed E-state index contributed by atoms with van der Waals surface area (Å²) in [6.07, 6.45) is 0. The summed E-state index contributed by atoms with van der Waals surface area (Å²) in [5.41, 5.74) is 8.46. The van der Waals surface area contributed by atoms with Gasteiger partial charge in [-0.25, -0.2) is 0 Å². The molecule has 3 aromatic rings. The molecule has 0 atom stereocenters. The van der Waals surface area contributed by atoms with Gasteiger partial charge in [-0.05, 0) is 34.4 Å². The van der Waals surface area contributed by atoms with Gasteiger partial charge in [0.1, 0.15) is 5.75 Å². The Morgan fingerprint density at radius 1 is 0.682 bits per heavy atom. The van der Waals surface area contributed by atoms with Crippen molar-refractivity contribution in [3.63, 3.8) is 0 Å². The van der Waals surface area contributed by atoms with Crippen molar-refractivity contribution in [3.8, 4) is 28.0 Å². The predicted molar refractivity (Wildman–Crippen MR) is 88.9 cm³/mol. The monoisotopic (exact) mass is 285 g/mol. The normalized spacial score (nSPS) is 14.1. The van der Waals surface area contributed by atoms with Gasteiger partial charge in [0, 0.05) is 24.2 Å². The van der Waals surface area contributed by atoms with Crippen molar-refractivity contribution in [1.29, 1.82) is 0 Å². The largest absolute Gasteiger partial charge is 0.507 e. The highest BCUT2D eigenvalue weighted by atomic mass is 16.3. The third kappa shape index (κ3) is 1.44. The third-order valence-electron chi connectivity index (χ3n) is 4.79. The Bertz CT molecular complexity index is 911. The first-order valence-electron chi connectivity index (χ1n) is 7.60. The van der Waals surface area contributed by atoms with Gasteiger partial charge in [0.2, 0.25) is 0 Å². The van der Waals surface area contributed by atoms with Gasteiger partial charge in [-0.15, -0.1) is 0 Å². The number of nitrogens with zero attached hydrogens (tertiary/aromatic N) is 1. The number of phenolic OH excluding ortho intramolecular Hbond substituents is 1. The first-order chi connectivity index (χ1) is 10.8. The Balaban J connectivity index is 1.90. The number of anilines is 1. The summed E-state index contributed by atoms with van der Waals surface area (Å²) in [7, 11) is 0. The second-order valence-electron chi connectivity index (χ2n) is 6.03. The highest BCUT2D eigenvalue weighted by Gasteiger charge is 2.31. The van der Waals surface area contributed by atoms with Crippen molar-refractivity contribution < 1.29 is 5.11 Å². The Labute approximate surface area is 129 Å². The zero-order valence-corrected chi connectivity index (χ0v) is 12.1. The summed E-state index contributed by atoms with van der Waals surface area (Å²) in [5, 5.41) is 10.5. The molecule has 1 N–H and O–H groups in total. The molecule has 22 heavy (non-hydrogen) atoms. The molecule has 2 heterocycles. The SMILES string of the molecule is Oc1ccc2c3c1-c1ccccc1CN3Cc1ccccc1-2. The van der Waals surface area contributed by atoms with Crippen LogP contribution < -0.4 is 4.90 Å². The van der Waals surface area contributed by atoms with Gasteiger partial charge in [0.25, 0.3) is 0 Å². The van der Waals surface area contributed by atoms with Gasteiger partial charge in [-0.2, -0.15) is 0 Å². The van der Waals surface area contributed by atoms with E-state index >= 15 is 0 Å². The maximum Gasteiger partial charge on any atom is 0.125 e. The molecule has 2 nitrogen and oxygen atoms in total. The van der Waals surface area contributed by atoms with Gasteiger partial charge in [0.05, 0.1) is 5.69 Å². The van der Waals surface area contributed by atoms with E-state index in [1.54, 1.807) is 0 Å². The van der Waals surface area contributed by atoms with Crippen LogP contribution >= 0.6 is 0 Å². The minimum absolute atomic E-state index is 0.371.